The van der Waals surface area contributed by atoms with Gasteiger partial charge in [-0.3, -0.25) is 24.6 Å². The highest BCUT2D eigenvalue weighted by molar-refractivity contribution is 5.92. The summed E-state index contributed by atoms with van der Waals surface area (Å²) in [5.74, 6) is -0.142. The third-order valence-electron chi connectivity index (χ3n) is 4.06. The van der Waals surface area contributed by atoms with Crippen molar-refractivity contribution in [1.29, 1.82) is 0 Å². The Kier molecular flexibility index (Phi) is 7.00. The zero-order valence-corrected chi connectivity index (χ0v) is 15.2. The Balaban J connectivity index is 1.52. The number of hydrogen-bond donors (Lipinski definition) is 1. The van der Waals surface area contributed by atoms with Gasteiger partial charge in [-0.2, -0.15) is 0 Å². The number of nitrogens with one attached hydrogen (secondary N) is 1. The van der Waals surface area contributed by atoms with E-state index >= 15 is 0 Å². The fraction of sp³-hybridized carbons (Fsp3) is 0.238. The Morgan fingerprint density at radius 1 is 0.815 bits per heavy atom. The highest BCUT2D eigenvalue weighted by Gasteiger charge is 2.10. The molecule has 27 heavy (non-hydrogen) atoms. The van der Waals surface area contributed by atoms with E-state index in [2.05, 4.69) is 25.2 Å². The van der Waals surface area contributed by atoms with Crippen molar-refractivity contribution < 1.29 is 4.79 Å². The minimum Gasteiger partial charge on any atom is -0.351 e. The second kappa shape index (κ2) is 10.1. The normalized spacial score (nSPS) is 10.7. The van der Waals surface area contributed by atoms with Crippen LogP contribution in [0.5, 0.6) is 0 Å². The maximum atomic E-state index is 12.1. The first kappa shape index (κ1) is 18.7. The van der Waals surface area contributed by atoms with E-state index in [1.54, 1.807) is 30.7 Å². The number of carbonyl (C=O) groups excluding carboxylic acids is 1. The van der Waals surface area contributed by atoms with Crippen LogP contribution in [0, 0.1) is 0 Å². The third-order valence-corrected chi connectivity index (χ3v) is 4.06. The van der Waals surface area contributed by atoms with Crippen LogP contribution < -0.4 is 5.32 Å². The molecule has 0 aliphatic rings. The summed E-state index contributed by atoms with van der Waals surface area (Å²) in [6, 6.07) is 17.2. The number of nitrogens with zero attached hydrogens (tertiary/aromatic N) is 4. The van der Waals surface area contributed by atoms with Crippen LogP contribution in [0.25, 0.3) is 0 Å². The molecule has 0 radical (unpaired) electrons. The van der Waals surface area contributed by atoms with Crippen LogP contribution in [-0.2, 0) is 13.1 Å². The zero-order valence-electron chi connectivity index (χ0n) is 15.2. The summed E-state index contributed by atoms with van der Waals surface area (Å²) in [4.78, 5) is 27.3. The fourth-order valence-corrected chi connectivity index (χ4v) is 2.75. The molecule has 0 unspecified atom stereocenters. The predicted octanol–water partition coefficient (Wildman–Crippen LogP) is 2.69. The Hall–Kier alpha value is -3.12. The molecule has 138 valence electrons. The van der Waals surface area contributed by atoms with Crippen LogP contribution >= 0.6 is 0 Å². The molecular weight excluding hydrogens is 338 g/mol. The van der Waals surface area contributed by atoms with Crippen LogP contribution in [0.3, 0.4) is 0 Å². The van der Waals surface area contributed by atoms with E-state index in [1.165, 1.54) is 0 Å². The molecular formula is C21H23N5O. The van der Waals surface area contributed by atoms with Gasteiger partial charge >= 0.3 is 0 Å². The van der Waals surface area contributed by atoms with E-state index in [0.29, 0.717) is 12.2 Å². The Bertz CT molecular complexity index is 770. The lowest BCUT2D eigenvalue weighted by atomic mass is 10.2. The van der Waals surface area contributed by atoms with Gasteiger partial charge in [-0.1, -0.05) is 18.2 Å². The molecule has 6 heteroatoms. The predicted molar refractivity (Wildman–Crippen MR) is 104 cm³/mol. The van der Waals surface area contributed by atoms with Crippen LogP contribution in [0.1, 0.15) is 28.3 Å². The van der Waals surface area contributed by atoms with Crippen molar-refractivity contribution in [3.8, 4) is 0 Å². The molecule has 0 saturated carbocycles. The molecule has 3 heterocycles. The summed E-state index contributed by atoms with van der Waals surface area (Å²) < 4.78 is 0. The average Bonchev–Trinajstić information content (AvgIpc) is 2.73. The first-order valence-corrected chi connectivity index (χ1v) is 9.02. The molecule has 0 bridgehead atoms. The minimum atomic E-state index is -0.142. The topological polar surface area (TPSA) is 71.0 Å². The maximum absolute atomic E-state index is 12.1. The second-order valence-electron chi connectivity index (χ2n) is 6.18. The fourth-order valence-electron chi connectivity index (χ4n) is 2.75. The van der Waals surface area contributed by atoms with Gasteiger partial charge in [-0.05, 0) is 42.8 Å². The first-order chi connectivity index (χ1) is 13.3. The third kappa shape index (κ3) is 6.27. The van der Waals surface area contributed by atoms with E-state index in [0.717, 1.165) is 37.4 Å². The van der Waals surface area contributed by atoms with Gasteiger partial charge in [0.2, 0.25) is 0 Å². The maximum Gasteiger partial charge on any atom is 0.269 e. The van der Waals surface area contributed by atoms with Crippen LogP contribution in [0.15, 0.2) is 73.2 Å². The molecule has 0 saturated heterocycles. The van der Waals surface area contributed by atoms with Crippen molar-refractivity contribution in [2.24, 2.45) is 0 Å². The quantitative estimate of drug-likeness (QED) is 0.593. The molecule has 6 nitrogen and oxygen atoms in total. The van der Waals surface area contributed by atoms with Gasteiger partial charge in [-0.25, -0.2) is 0 Å². The second-order valence-corrected chi connectivity index (χ2v) is 6.18. The minimum absolute atomic E-state index is 0.142. The van der Waals surface area contributed by atoms with Crippen molar-refractivity contribution in [2.45, 2.75) is 19.5 Å². The Morgan fingerprint density at radius 2 is 1.41 bits per heavy atom. The van der Waals surface area contributed by atoms with Crippen LogP contribution in [-0.4, -0.2) is 38.8 Å². The van der Waals surface area contributed by atoms with Gasteiger partial charge in [0, 0.05) is 44.8 Å². The molecule has 0 spiro atoms. The lowest BCUT2D eigenvalue weighted by Gasteiger charge is -2.21. The summed E-state index contributed by atoms with van der Waals surface area (Å²) >= 11 is 0. The molecule has 1 N–H and O–H groups in total. The standard InChI is InChI=1S/C21H23N5O/c27-21(20-10-3-6-13-24-20)25-14-7-15-26(16-18-8-1-4-11-22-18)17-19-9-2-5-12-23-19/h1-6,8-13H,7,14-17H2,(H,25,27). The van der Waals surface area contributed by atoms with Gasteiger partial charge in [0.05, 0.1) is 11.4 Å². The molecule has 0 aromatic carbocycles. The van der Waals surface area contributed by atoms with Crippen LogP contribution in [0.4, 0.5) is 0 Å². The van der Waals surface area contributed by atoms with Gasteiger partial charge in [-0.15, -0.1) is 0 Å². The summed E-state index contributed by atoms with van der Waals surface area (Å²) in [6.45, 7) is 2.91. The van der Waals surface area contributed by atoms with Crippen molar-refractivity contribution in [1.82, 2.24) is 25.2 Å². The largest absolute Gasteiger partial charge is 0.351 e. The Labute approximate surface area is 159 Å². The molecule has 0 fully saturated rings. The summed E-state index contributed by atoms with van der Waals surface area (Å²) in [6.07, 6.45) is 6.07. The summed E-state index contributed by atoms with van der Waals surface area (Å²) in [5.41, 5.74) is 2.48. The van der Waals surface area contributed by atoms with Crippen LogP contribution in [0.2, 0.25) is 0 Å². The van der Waals surface area contributed by atoms with Crippen molar-refractivity contribution in [3.63, 3.8) is 0 Å². The number of rotatable bonds is 9. The highest BCUT2D eigenvalue weighted by atomic mass is 16.1. The number of aromatic nitrogens is 3. The number of carbonyl (C=O) groups is 1. The van der Waals surface area contributed by atoms with E-state index in [9.17, 15) is 4.79 Å². The van der Waals surface area contributed by atoms with Gasteiger partial charge in [0.1, 0.15) is 5.69 Å². The lowest BCUT2D eigenvalue weighted by molar-refractivity contribution is 0.0946. The molecule has 3 aromatic heterocycles. The molecule has 0 aliphatic carbocycles. The van der Waals surface area contributed by atoms with Crippen molar-refractivity contribution in [2.75, 3.05) is 13.1 Å². The first-order valence-electron chi connectivity index (χ1n) is 9.02. The van der Waals surface area contributed by atoms with Crippen molar-refractivity contribution >= 4 is 5.91 Å². The molecule has 0 atom stereocenters. The number of pyridine rings is 3. The smallest absolute Gasteiger partial charge is 0.269 e. The van der Waals surface area contributed by atoms with Gasteiger partial charge in [0.25, 0.3) is 5.91 Å². The van der Waals surface area contributed by atoms with Gasteiger partial charge in [0.15, 0.2) is 0 Å². The molecule has 1 amide bonds. The average molecular weight is 361 g/mol. The van der Waals surface area contributed by atoms with E-state index in [1.807, 2.05) is 42.5 Å². The van der Waals surface area contributed by atoms with Crippen molar-refractivity contribution in [3.05, 3.63) is 90.3 Å². The summed E-state index contributed by atoms with van der Waals surface area (Å²) in [5, 5.41) is 2.92. The molecule has 3 aromatic rings. The monoisotopic (exact) mass is 361 g/mol. The lowest BCUT2D eigenvalue weighted by Crippen LogP contribution is -2.30. The molecule has 0 aliphatic heterocycles. The summed E-state index contributed by atoms with van der Waals surface area (Å²) in [7, 11) is 0. The number of hydrogen-bond acceptors (Lipinski definition) is 5. The SMILES string of the molecule is O=C(NCCCN(Cc1ccccn1)Cc1ccccn1)c1ccccn1. The number of amides is 1. The highest BCUT2D eigenvalue weighted by Crippen LogP contribution is 2.07. The molecule has 3 rings (SSSR count). The van der Waals surface area contributed by atoms with E-state index < -0.39 is 0 Å². The zero-order chi connectivity index (χ0) is 18.7. The van der Waals surface area contributed by atoms with Gasteiger partial charge < -0.3 is 5.32 Å². The van der Waals surface area contributed by atoms with E-state index in [-0.39, 0.29) is 5.91 Å². The Morgan fingerprint density at radius 3 is 1.93 bits per heavy atom. The van der Waals surface area contributed by atoms with E-state index in [4.69, 9.17) is 0 Å².